The second kappa shape index (κ2) is 10.4. The van der Waals surface area contributed by atoms with Crippen molar-refractivity contribution in [3.8, 4) is 5.75 Å². The fourth-order valence-electron chi connectivity index (χ4n) is 3.94. The normalized spacial score (nSPS) is 27.4. The van der Waals surface area contributed by atoms with Gasteiger partial charge in [0, 0.05) is 25.8 Å². The summed E-state index contributed by atoms with van der Waals surface area (Å²) in [6.07, 6.45) is 1.55. The smallest absolute Gasteiger partial charge is 0.286 e. The molecule has 0 radical (unpaired) electrons. The van der Waals surface area contributed by atoms with E-state index in [1.54, 1.807) is 0 Å². The molecule has 2 aliphatic heterocycles. The molecular weight excluding hydrogens is 392 g/mol. The predicted octanol–water partition coefficient (Wildman–Crippen LogP) is 2.47. The highest BCUT2D eigenvalue weighted by atomic mass is 32.2. The van der Waals surface area contributed by atoms with Crippen LogP contribution in [0.1, 0.15) is 25.8 Å². The molecule has 0 saturated carbocycles. The van der Waals surface area contributed by atoms with Crippen molar-refractivity contribution in [1.82, 2.24) is 10.2 Å². The van der Waals surface area contributed by atoms with E-state index in [-0.39, 0.29) is 34.6 Å². The number of thioether (sulfide) groups is 1. The first-order valence-corrected chi connectivity index (χ1v) is 11.1. The summed E-state index contributed by atoms with van der Waals surface area (Å²) in [6, 6.07) is 7.98. The Morgan fingerprint density at radius 3 is 2.48 bits per heavy atom. The number of imide groups is 1. The lowest BCUT2D eigenvalue weighted by molar-refractivity contribution is -0.118. The van der Waals surface area contributed by atoms with Gasteiger partial charge in [0.1, 0.15) is 11.9 Å². The summed E-state index contributed by atoms with van der Waals surface area (Å²) >= 11 is 1.05. The summed E-state index contributed by atoms with van der Waals surface area (Å²) in [4.78, 5) is 25.2. The number of nitrogens with zero attached hydrogens (tertiary/aromatic N) is 1. The van der Waals surface area contributed by atoms with Crippen molar-refractivity contribution in [3.63, 3.8) is 0 Å². The first-order valence-electron chi connectivity index (χ1n) is 10.2. The van der Waals surface area contributed by atoms with Gasteiger partial charge < -0.3 is 14.2 Å². The van der Waals surface area contributed by atoms with Crippen LogP contribution in [0.3, 0.4) is 0 Å². The number of amides is 2. The van der Waals surface area contributed by atoms with Gasteiger partial charge in [-0.1, -0.05) is 23.9 Å². The largest absolute Gasteiger partial charge is 0.494 e. The Balaban J connectivity index is 1.48. The molecule has 0 spiro atoms. The van der Waals surface area contributed by atoms with Gasteiger partial charge in [0.05, 0.1) is 18.0 Å². The predicted molar refractivity (Wildman–Crippen MR) is 112 cm³/mol. The molecule has 1 N–H and O–H groups in total. The number of rotatable bonds is 10. The standard InChI is InChI=1S/C21H30N2O5S/c1-4-26-17-13-23(3)16(19(17)27-5-2)10-11-28-15-8-6-14(7-9-15)12-18-20(24)22-21(25)29-18/h6-9,16-19H,4-5,10-13H2,1-3H3,(H,22,24,25)/t16?,17-,18?,19+/m1/s1. The van der Waals surface area contributed by atoms with E-state index in [1.807, 2.05) is 38.1 Å². The van der Waals surface area contributed by atoms with E-state index in [0.717, 1.165) is 36.0 Å². The van der Waals surface area contributed by atoms with E-state index >= 15 is 0 Å². The molecule has 2 saturated heterocycles. The van der Waals surface area contributed by atoms with Crippen molar-refractivity contribution in [3.05, 3.63) is 29.8 Å². The molecule has 2 amide bonds. The van der Waals surface area contributed by atoms with E-state index in [9.17, 15) is 9.59 Å². The molecule has 2 aliphatic rings. The lowest BCUT2D eigenvalue weighted by Gasteiger charge is -2.26. The Hall–Kier alpha value is -1.61. The summed E-state index contributed by atoms with van der Waals surface area (Å²) in [5.74, 6) is 0.582. The maximum absolute atomic E-state index is 11.7. The number of nitrogens with one attached hydrogen (secondary N) is 1. The third-order valence-electron chi connectivity index (χ3n) is 5.31. The number of benzene rings is 1. The lowest BCUT2D eigenvalue weighted by Crippen LogP contribution is -2.38. The number of carbonyl (C=O) groups excluding carboxylic acids is 2. The molecule has 29 heavy (non-hydrogen) atoms. The van der Waals surface area contributed by atoms with E-state index in [2.05, 4.69) is 17.3 Å². The van der Waals surface area contributed by atoms with Gasteiger partial charge in [-0.15, -0.1) is 0 Å². The summed E-state index contributed by atoms with van der Waals surface area (Å²) in [5, 5.41) is 1.70. The zero-order chi connectivity index (χ0) is 20.8. The molecule has 2 unspecified atom stereocenters. The minimum Gasteiger partial charge on any atom is -0.494 e. The molecular formula is C21H30N2O5S. The van der Waals surface area contributed by atoms with Crippen LogP contribution in [0.25, 0.3) is 0 Å². The summed E-state index contributed by atoms with van der Waals surface area (Å²) < 4.78 is 17.8. The van der Waals surface area contributed by atoms with E-state index in [1.165, 1.54) is 0 Å². The SMILES string of the molecule is CCO[C@@H]1CN(C)C(CCOc2ccc(CC3SC(=O)NC3=O)cc2)[C@@H]1OCC. The zero-order valence-electron chi connectivity index (χ0n) is 17.3. The topological polar surface area (TPSA) is 77.1 Å². The third kappa shape index (κ3) is 5.72. The minimum atomic E-state index is -0.346. The van der Waals surface area contributed by atoms with Crippen LogP contribution in [0, 0.1) is 0 Å². The highest BCUT2D eigenvalue weighted by Gasteiger charge is 2.40. The van der Waals surface area contributed by atoms with Crippen molar-refractivity contribution in [1.29, 1.82) is 0 Å². The van der Waals surface area contributed by atoms with Crippen LogP contribution >= 0.6 is 11.8 Å². The molecule has 8 heteroatoms. The summed E-state index contributed by atoms with van der Waals surface area (Å²) in [6.45, 7) is 6.84. The Kier molecular flexibility index (Phi) is 7.94. The fraction of sp³-hybridized carbons (Fsp3) is 0.619. The maximum Gasteiger partial charge on any atom is 0.286 e. The van der Waals surface area contributed by atoms with Gasteiger partial charge >= 0.3 is 0 Å². The molecule has 1 aromatic rings. The van der Waals surface area contributed by atoms with Crippen molar-refractivity contribution >= 4 is 22.9 Å². The average Bonchev–Trinajstić information content (AvgIpc) is 3.16. The first-order chi connectivity index (χ1) is 14.0. The molecule has 0 aliphatic carbocycles. The Morgan fingerprint density at radius 1 is 1.14 bits per heavy atom. The van der Waals surface area contributed by atoms with E-state index < -0.39 is 0 Å². The lowest BCUT2D eigenvalue weighted by atomic mass is 10.1. The summed E-state index contributed by atoms with van der Waals surface area (Å²) in [5.41, 5.74) is 1.01. The molecule has 2 heterocycles. The van der Waals surface area contributed by atoms with Gasteiger partial charge in [-0.2, -0.15) is 0 Å². The number of ether oxygens (including phenoxy) is 3. The molecule has 4 atom stereocenters. The number of hydrogen-bond acceptors (Lipinski definition) is 7. The first kappa shape index (κ1) is 22.1. The highest BCUT2D eigenvalue weighted by Crippen LogP contribution is 2.26. The van der Waals surface area contributed by atoms with Gasteiger partial charge in [0.25, 0.3) is 5.24 Å². The van der Waals surface area contributed by atoms with Gasteiger partial charge in [-0.25, -0.2) is 0 Å². The third-order valence-corrected chi connectivity index (χ3v) is 6.29. The highest BCUT2D eigenvalue weighted by molar-refractivity contribution is 8.15. The van der Waals surface area contributed by atoms with Crippen LogP contribution in [0.5, 0.6) is 5.75 Å². The molecule has 0 bridgehead atoms. The molecule has 7 nitrogen and oxygen atoms in total. The van der Waals surface area contributed by atoms with Crippen LogP contribution in [0.2, 0.25) is 0 Å². The van der Waals surface area contributed by atoms with E-state index in [4.69, 9.17) is 14.2 Å². The number of likely N-dealkylation sites (N-methyl/N-ethyl adjacent to an activating group) is 1. The van der Waals surface area contributed by atoms with Crippen LogP contribution in [0.15, 0.2) is 24.3 Å². The van der Waals surface area contributed by atoms with Crippen molar-refractivity contribution in [2.75, 3.05) is 33.4 Å². The molecule has 1 aromatic carbocycles. The van der Waals surface area contributed by atoms with Crippen LogP contribution in [-0.4, -0.2) is 73.0 Å². The number of carbonyl (C=O) groups is 2. The Morgan fingerprint density at radius 2 is 1.86 bits per heavy atom. The van der Waals surface area contributed by atoms with Gasteiger partial charge in [-0.3, -0.25) is 19.8 Å². The van der Waals surface area contributed by atoms with Crippen LogP contribution in [-0.2, 0) is 20.7 Å². The second-order valence-electron chi connectivity index (χ2n) is 7.29. The fourth-order valence-corrected chi connectivity index (χ4v) is 4.80. The molecule has 0 aromatic heterocycles. The Labute approximate surface area is 176 Å². The van der Waals surface area contributed by atoms with Crippen LogP contribution < -0.4 is 10.1 Å². The van der Waals surface area contributed by atoms with E-state index in [0.29, 0.717) is 26.2 Å². The quantitative estimate of drug-likeness (QED) is 0.621. The van der Waals surface area contributed by atoms with Crippen molar-refractivity contribution < 1.29 is 23.8 Å². The van der Waals surface area contributed by atoms with Gasteiger partial charge in [0.15, 0.2) is 0 Å². The zero-order valence-corrected chi connectivity index (χ0v) is 18.1. The Bertz CT molecular complexity index is 699. The second-order valence-corrected chi connectivity index (χ2v) is 8.46. The maximum atomic E-state index is 11.7. The minimum absolute atomic E-state index is 0.0636. The average molecular weight is 423 g/mol. The summed E-state index contributed by atoms with van der Waals surface area (Å²) in [7, 11) is 2.10. The van der Waals surface area contributed by atoms with Crippen LogP contribution in [0.4, 0.5) is 4.79 Å². The van der Waals surface area contributed by atoms with Crippen molar-refractivity contribution in [2.45, 2.75) is 50.2 Å². The number of hydrogen-bond donors (Lipinski definition) is 1. The monoisotopic (exact) mass is 422 g/mol. The van der Waals surface area contributed by atoms with Gasteiger partial charge in [-0.05, 0) is 51.4 Å². The van der Waals surface area contributed by atoms with Gasteiger partial charge in [0.2, 0.25) is 5.91 Å². The molecule has 2 fully saturated rings. The number of likely N-dealkylation sites (tertiary alicyclic amines) is 1. The van der Waals surface area contributed by atoms with Crippen molar-refractivity contribution in [2.24, 2.45) is 0 Å². The molecule has 160 valence electrons. The molecule has 3 rings (SSSR count).